The highest BCUT2D eigenvalue weighted by atomic mass is 127. The van der Waals surface area contributed by atoms with Crippen LogP contribution in [0, 0.1) is 3.57 Å². The Morgan fingerprint density at radius 1 is 1.53 bits per heavy atom. The Morgan fingerprint density at radius 2 is 2.12 bits per heavy atom. The second-order valence-electron chi connectivity index (χ2n) is 4.30. The van der Waals surface area contributed by atoms with Gasteiger partial charge in [0.15, 0.2) is 0 Å². The van der Waals surface area contributed by atoms with Crippen molar-refractivity contribution in [2.45, 2.75) is 19.4 Å². The van der Waals surface area contributed by atoms with E-state index in [-0.39, 0.29) is 18.3 Å². The zero-order valence-electron chi connectivity index (χ0n) is 9.59. The topological polar surface area (TPSA) is 55.1 Å². The predicted molar refractivity (Wildman–Crippen MR) is 82.0 cm³/mol. The van der Waals surface area contributed by atoms with Gasteiger partial charge in [0, 0.05) is 20.7 Å². The number of carbonyl (C=O) groups is 1. The zero-order chi connectivity index (χ0) is 12.3. The number of hydrogen-bond acceptors (Lipinski definition) is 2. The molecule has 17 heavy (non-hydrogen) atoms. The Labute approximate surface area is 126 Å². The van der Waals surface area contributed by atoms with Gasteiger partial charge >= 0.3 is 0 Å². The molecule has 1 aromatic rings. The molecule has 1 aromatic carbocycles. The van der Waals surface area contributed by atoms with E-state index in [1.165, 1.54) is 0 Å². The summed E-state index contributed by atoms with van der Waals surface area (Å²) in [5.74, 6) is -0.148. The number of hydrogen-bond donors (Lipinski definition) is 2. The van der Waals surface area contributed by atoms with Crippen molar-refractivity contribution >= 4 is 52.5 Å². The second-order valence-corrected chi connectivity index (χ2v) is 5.89. The van der Waals surface area contributed by atoms with Crippen molar-refractivity contribution in [1.82, 2.24) is 5.32 Å². The van der Waals surface area contributed by atoms with Gasteiger partial charge in [0.05, 0.1) is 5.56 Å². The van der Waals surface area contributed by atoms with Crippen LogP contribution in [0.5, 0.6) is 0 Å². The molecule has 0 atom stereocenters. The van der Waals surface area contributed by atoms with Gasteiger partial charge in [-0.3, -0.25) is 4.79 Å². The third-order valence-electron chi connectivity index (χ3n) is 1.88. The largest absolute Gasteiger partial charge is 0.350 e. The summed E-state index contributed by atoms with van der Waals surface area (Å²) in [6.45, 7) is 4.14. The van der Waals surface area contributed by atoms with E-state index in [2.05, 4.69) is 27.9 Å². The fourth-order valence-electron chi connectivity index (χ4n) is 1.07. The molecule has 0 heterocycles. The van der Waals surface area contributed by atoms with Crippen molar-refractivity contribution < 1.29 is 4.79 Å². The molecule has 6 heteroatoms. The lowest BCUT2D eigenvalue weighted by atomic mass is 10.1. The van der Waals surface area contributed by atoms with E-state index in [4.69, 9.17) is 17.3 Å². The van der Waals surface area contributed by atoms with Crippen LogP contribution in [0.3, 0.4) is 0 Å². The van der Waals surface area contributed by atoms with Crippen molar-refractivity contribution in [3.8, 4) is 0 Å². The molecule has 1 amide bonds. The third kappa shape index (κ3) is 5.90. The van der Waals surface area contributed by atoms with Gasteiger partial charge in [-0.05, 0) is 54.6 Å². The number of halogens is 3. The summed E-state index contributed by atoms with van der Waals surface area (Å²) in [7, 11) is 0. The van der Waals surface area contributed by atoms with Gasteiger partial charge in [0.2, 0.25) is 0 Å². The normalized spacial score (nSPS) is 10.6. The van der Waals surface area contributed by atoms with E-state index in [1.54, 1.807) is 12.1 Å². The molecular weight excluding hydrogens is 374 g/mol. The van der Waals surface area contributed by atoms with Crippen LogP contribution in [0.15, 0.2) is 18.2 Å². The zero-order valence-corrected chi connectivity index (χ0v) is 13.3. The van der Waals surface area contributed by atoms with Gasteiger partial charge < -0.3 is 11.1 Å². The minimum atomic E-state index is -0.417. The molecule has 0 spiro atoms. The quantitative estimate of drug-likeness (QED) is 0.782. The Balaban J connectivity index is 0.00000256. The molecule has 0 aliphatic carbocycles. The summed E-state index contributed by atoms with van der Waals surface area (Å²) in [6.07, 6.45) is 0. The molecule has 3 N–H and O–H groups in total. The van der Waals surface area contributed by atoms with Gasteiger partial charge in [-0.2, -0.15) is 0 Å². The molecule has 0 bridgehead atoms. The minimum Gasteiger partial charge on any atom is -0.350 e. The van der Waals surface area contributed by atoms with E-state index in [1.807, 2.05) is 19.9 Å². The molecular formula is C11H15Cl2IN2O. The first-order chi connectivity index (χ1) is 7.29. The third-order valence-corrected chi connectivity index (χ3v) is 3.05. The molecule has 0 aliphatic heterocycles. The summed E-state index contributed by atoms with van der Waals surface area (Å²) >= 11 is 7.95. The van der Waals surface area contributed by atoms with E-state index < -0.39 is 5.54 Å². The lowest BCUT2D eigenvalue weighted by molar-refractivity contribution is 0.0945. The predicted octanol–water partition coefficient (Wildman–Crippen LogP) is 2.83. The summed E-state index contributed by atoms with van der Waals surface area (Å²) in [5, 5.41) is 3.33. The van der Waals surface area contributed by atoms with Gasteiger partial charge in [-0.15, -0.1) is 12.4 Å². The van der Waals surface area contributed by atoms with Crippen molar-refractivity contribution in [2.24, 2.45) is 5.73 Å². The van der Waals surface area contributed by atoms with Gasteiger partial charge in [-0.25, -0.2) is 0 Å². The number of nitrogens with one attached hydrogen (secondary N) is 1. The Kier molecular flexibility index (Phi) is 6.76. The molecule has 0 radical (unpaired) electrons. The molecule has 0 aliphatic rings. The van der Waals surface area contributed by atoms with E-state index in [0.717, 1.165) is 3.57 Å². The van der Waals surface area contributed by atoms with Crippen LogP contribution in [0.25, 0.3) is 0 Å². The maximum atomic E-state index is 11.8. The number of rotatable bonds is 3. The number of benzene rings is 1. The van der Waals surface area contributed by atoms with Crippen LogP contribution in [0.4, 0.5) is 0 Å². The summed E-state index contributed by atoms with van der Waals surface area (Å²) < 4.78 is 0.870. The molecule has 0 unspecified atom stereocenters. The van der Waals surface area contributed by atoms with E-state index >= 15 is 0 Å². The van der Waals surface area contributed by atoms with Crippen molar-refractivity contribution in [3.05, 3.63) is 32.4 Å². The Morgan fingerprint density at radius 3 is 2.65 bits per heavy atom. The van der Waals surface area contributed by atoms with Crippen LogP contribution >= 0.6 is 46.6 Å². The molecule has 0 aromatic heterocycles. The molecule has 0 fully saturated rings. The van der Waals surface area contributed by atoms with Crippen LogP contribution in [-0.4, -0.2) is 18.0 Å². The molecule has 0 saturated carbocycles. The number of nitrogens with two attached hydrogens (primary N) is 1. The lowest BCUT2D eigenvalue weighted by Gasteiger charge is -2.19. The van der Waals surface area contributed by atoms with Gasteiger partial charge in [0.1, 0.15) is 0 Å². The monoisotopic (exact) mass is 388 g/mol. The smallest absolute Gasteiger partial charge is 0.252 e. The highest BCUT2D eigenvalue weighted by molar-refractivity contribution is 14.1. The van der Waals surface area contributed by atoms with Crippen molar-refractivity contribution in [1.29, 1.82) is 0 Å². The Hall–Kier alpha value is -0.0400. The Bertz CT molecular complexity index is 405. The minimum absolute atomic E-state index is 0. The van der Waals surface area contributed by atoms with Crippen LogP contribution < -0.4 is 11.1 Å². The SMILES string of the molecule is CC(C)(N)CNC(=O)c1cc(Cl)ccc1I.Cl. The van der Waals surface area contributed by atoms with Gasteiger partial charge in [-0.1, -0.05) is 11.6 Å². The van der Waals surface area contributed by atoms with Crippen molar-refractivity contribution in [3.63, 3.8) is 0 Å². The molecule has 96 valence electrons. The maximum absolute atomic E-state index is 11.8. The van der Waals surface area contributed by atoms with Crippen molar-refractivity contribution in [2.75, 3.05) is 6.54 Å². The maximum Gasteiger partial charge on any atom is 0.252 e. The average Bonchev–Trinajstić information content (AvgIpc) is 2.17. The fraction of sp³-hybridized carbons (Fsp3) is 0.364. The fourth-order valence-corrected chi connectivity index (χ4v) is 1.83. The van der Waals surface area contributed by atoms with Crippen LogP contribution in [-0.2, 0) is 0 Å². The molecule has 3 nitrogen and oxygen atoms in total. The first-order valence-electron chi connectivity index (χ1n) is 4.82. The van der Waals surface area contributed by atoms with E-state index in [0.29, 0.717) is 17.1 Å². The second kappa shape index (κ2) is 6.78. The summed E-state index contributed by atoms with van der Waals surface area (Å²) in [5.41, 5.74) is 5.95. The first-order valence-corrected chi connectivity index (χ1v) is 6.27. The summed E-state index contributed by atoms with van der Waals surface area (Å²) in [6, 6.07) is 5.22. The first kappa shape index (κ1) is 17.0. The molecule has 0 saturated heterocycles. The van der Waals surface area contributed by atoms with Crippen LogP contribution in [0.1, 0.15) is 24.2 Å². The summed E-state index contributed by atoms with van der Waals surface area (Å²) in [4.78, 5) is 11.8. The average molecular weight is 389 g/mol. The highest BCUT2D eigenvalue weighted by Crippen LogP contribution is 2.17. The lowest BCUT2D eigenvalue weighted by Crippen LogP contribution is -2.45. The van der Waals surface area contributed by atoms with E-state index in [9.17, 15) is 4.79 Å². The van der Waals surface area contributed by atoms with Crippen LogP contribution in [0.2, 0.25) is 5.02 Å². The number of carbonyl (C=O) groups excluding carboxylic acids is 1. The van der Waals surface area contributed by atoms with Gasteiger partial charge in [0.25, 0.3) is 5.91 Å². The standard InChI is InChI=1S/C11H14ClIN2O.ClH/c1-11(2,14)6-15-10(16)8-5-7(12)3-4-9(8)13;/h3-5H,6,14H2,1-2H3,(H,15,16);1H. The molecule has 1 rings (SSSR count). The number of amides is 1. The highest BCUT2D eigenvalue weighted by Gasteiger charge is 2.15.